The quantitative estimate of drug-likeness (QED) is 0.882. The minimum absolute atomic E-state index is 0.00143. The molecule has 0 unspecified atom stereocenters. The van der Waals surface area contributed by atoms with E-state index in [2.05, 4.69) is 9.71 Å². The van der Waals surface area contributed by atoms with E-state index in [1.54, 1.807) is 24.3 Å². The maximum absolute atomic E-state index is 12.2. The van der Waals surface area contributed by atoms with Gasteiger partial charge < -0.3 is 0 Å². The Balaban J connectivity index is 2.38. The van der Waals surface area contributed by atoms with Crippen molar-refractivity contribution in [3.05, 3.63) is 52.1 Å². The van der Waals surface area contributed by atoms with Crippen LogP contribution in [0.25, 0.3) is 0 Å². The normalized spacial score (nSPS) is 11.3. The van der Waals surface area contributed by atoms with Crippen LogP contribution in [0.5, 0.6) is 0 Å². The van der Waals surface area contributed by atoms with E-state index in [-0.39, 0.29) is 20.9 Å². The summed E-state index contributed by atoms with van der Waals surface area (Å²) in [6, 6.07) is 9.37. The van der Waals surface area contributed by atoms with Crippen molar-refractivity contribution in [2.24, 2.45) is 0 Å². The van der Waals surface area contributed by atoms with E-state index < -0.39 is 10.0 Å². The number of halogens is 2. The van der Waals surface area contributed by atoms with Crippen molar-refractivity contribution in [2.45, 2.75) is 11.8 Å². The fraction of sp³-hybridized carbons (Fsp3) is 0.0833. The maximum atomic E-state index is 12.2. The third-order valence-corrected chi connectivity index (χ3v) is 4.38. The van der Waals surface area contributed by atoms with Gasteiger partial charge in [0.1, 0.15) is 15.9 Å². The predicted octanol–water partition coefficient (Wildman–Crippen LogP) is 3.50. The van der Waals surface area contributed by atoms with E-state index in [4.69, 9.17) is 23.2 Å². The molecule has 19 heavy (non-hydrogen) atoms. The Morgan fingerprint density at radius 2 is 1.89 bits per heavy atom. The molecule has 1 aromatic carbocycles. The number of nitrogens with one attached hydrogen (secondary N) is 1. The molecule has 0 radical (unpaired) electrons. The fourth-order valence-electron chi connectivity index (χ4n) is 1.48. The van der Waals surface area contributed by atoms with Gasteiger partial charge in [0.25, 0.3) is 10.0 Å². The molecule has 2 aromatic rings. The van der Waals surface area contributed by atoms with Gasteiger partial charge in [-0.3, -0.25) is 4.72 Å². The Morgan fingerprint density at radius 1 is 1.16 bits per heavy atom. The van der Waals surface area contributed by atoms with Crippen LogP contribution in [0.15, 0.2) is 41.3 Å². The smallest absolute Gasteiger partial charge is 0.263 e. The van der Waals surface area contributed by atoms with Crippen LogP contribution < -0.4 is 4.72 Å². The molecular formula is C12H10Cl2N2O2S. The number of hydrogen-bond donors (Lipinski definition) is 1. The van der Waals surface area contributed by atoms with Crippen molar-refractivity contribution in [3.63, 3.8) is 0 Å². The Labute approximate surface area is 121 Å². The summed E-state index contributed by atoms with van der Waals surface area (Å²) in [6.07, 6.45) is 0. The lowest BCUT2D eigenvalue weighted by Gasteiger charge is -2.09. The molecule has 1 aromatic heterocycles. The number of aryl methyl sites for hydroxylation is 1. The summed E-state index contributed by atoms with van der Waals surface area (Å²) in [5, 5.41) is 0.365. The number of rotatable bonds is 3. The first-order chi connectivity index (χ1) is 8.88. The van der Waals surface area contributed by atoms with Crippen LogP contribution in [-0.2, 0) is 10.0 Å². The molecule has 1 heterocycles. The maximum Gasteiger partial charge on any atom is 0.264 e. The third kappa shape index (κ3) is 3.37. The SMILES string of the molecule is Cc1ccc(S(=O)(=O)Nc2cccc(Cl)n2)c(Cl)c1. The van der Waals surface area contributed by atoms with Crippen LogP contribution in [0.3, 0.4) is 0 Å². The lowest BCUT2D eigenvalue weighted by molar-refractivity contribution is 0.601. The van der Waals surface area contributed by atoms with Crippen molar-refractivity contribution >= 4 is 39.0 Å². The molecule has 100 valence electrons. The summed E-state index contributed by atoms with van der Waals surface area (Å²) in [5.41, 5.74) is 0.879. The molecule has 0 aliphatic heterocycles. The second-order valence-corrected chi connectivity index (χ2v) is 6.33. The summed E-state index contributed by atoms with van der Waals surface area (Å²) in [4.78, 5) is 3.86. The van der Waals surface area contributed by atoms with Crippen LogP contribution in [-0.4, -0.2) is 13.4 Å². The molecule has 2 rings (SSSR count). The van der Waals surface area contributed by atoms with Crippen LogP contribution in [0, 0.1) is 6.92 Å². The molecule has 0 bridgehead atoms. The van der Waals surface area contributed by atoms with Gasteiger partial charge in [-0.15, -0.1) is 0 Å². The van der Waals surface area contributed by atoms with Gasteiger partial charge in [0.05, 0.1) is 5.02 Å². The highest BCUT2D eigenvalue weighted by Gasteiger charge is 2.18. The van der Waals surface area contributed by atoms with Gasteiger partial charge in [0, 0.05) is 0 Å². The molecule has 0 amide bonds. The molecule has 0 saturated carbocycles. The molecule has 0 atom stereocenters. The first kappa shape index (κ1) is 14.1. The van der Waals surface area contributed by atoms with Gasteiger partial charge in [-0.1, -0.05) is 35.3 Å². The van der Waals surface area contributed by atoms with Gasteiger partial charge in [-0.05, 0) is 36.8 Å². The zero-order chi connectivity index (χ0) is 14.0. The molecule has 0 saturated heterocycles. The number of benzene rings is 1. The van der Waals surface area contributed by atoms with E-state index in [0.29, 0.717) is 0 Å². The summed E-state index contributed by atoms with van der Waals surface area (Å²) in [5.74, 6) is 0.143. The first-order valence-electron chi connectivity index (χ1n) is 5.30. The molecule has 4 nitrogen and oxygen atoms in total. The highest BCUT2D eigenvalue weighted by molar-refractivity contribution is 7.92. The monoisotopic (exact) mass is 316 g/mol. The predicted molar refractivity (Wildman–Crippen MR) is 76.2 cm³/mol. The second kappa shape index (κ2) is 5.36. The number of anilines is 1. The topological polar surface area (TPSA) is 59.1 Å². The van der Waals surface area contributed by atoms with Crippen molar-refractivity contribution in [3.8, 4) is 0 Å². The summed E-state index contributed by atoms with van der Waals surface area (Å²) >= 11 is 11.6. The first-order valence-corrected chi connectivity index (χ1v) is 7.54. The lowest BCUT2D eigenvalue weighted by Crippen LogP contribution is -2.14. The molecule has 1 N–H and O–H groups in total. The van der Waals surface area contributed by atoms with Crippen molar-refractivity contribution in [2.75, 3.05) is 4.72 Å². The molecule has 0 aliphatic rings. The minimum atomic E-state index is -3.78. The zero-order valence-corrected chi connectivity index (χ0v) is 12.2. The van der Waals surface area contributed by atoms with E-state index >= 15 is 0 Å². The van der Waals surface area contributed by atoms with Gasteiger partial charge in [-0.25, -0.2) is 13.4 Å². The largest absolute Gasteiger partial charge is 0.264 e. The molecule has 0 aliphatic carbocycles. The van der Waals surface area contributed by atoms with Crippen LogP contribution >= 0.6 is 23.2 Å². The number of hydrogen-bond acceptors (Lipinski definition) is 3. The molecule has 7 heteroatoms. The average molecular weight is 317 g/mol. The highest BCUT2D eigenvalue weighted by Crippen LogP contribution is 2.24. The van der Waals surface area contributed by atoms with Crippen molar-refractivity contribution in [1.82, 2.24) is 4.98 Å². The third-order valence-electron chi connectivity index (χ3n) is 2.33. The van der Waals surface area contributed by atoms with Gasteiger partial charge in [-0.2, -0.15) is 0 Å². The number of aromatic nitrogens is 1. The standard InChI is InChI=1S/C12H10Cl2N2O2S/c1-8-5-6-10(9(13)7-8)19(17,18)16-12-4-2-3-11(14)15-12/h2-7H,1H3,(H,15,16). The minimum Gasteiger partial charge on any atom is -0.263 e. The second-order valence-electron chi connectivity index (χ2n) is 3.88. The van der Waals surface area contributed by atoms with Crippen molar-refractivity contribution < 1.29 is 8.42 Å². The van der Waals surface area contributed by atoms with Gasteiger partial charge in [0.15, 0.2) is 0 Å². The van der Waals surface area contributed by atoms with Crippen molar-refractivity contribution in [1.29, 1.82) is 0 Å². The van der Waals surface area contributed by atoms with Crippen LogP contribution in [0.1, 0.15) is 5.56 Å². The Kier molecular flexibility index (Phi) is 3.99. The summed E-state index contributed by atoms with van der Waals surface area (Å²) in [6.45, 7) is 1.83. The summed E-state index contributed by atoms with van der Waals surface area (Å²) < 4.78 is 26.7. The number of pyridine rings is 1. The van der Waals surface area contributed by atoms with Gasteiger partial charge >= 0.3 is 0 Å². The zero-order valence-electron chi connectivity index (χ0n) is 9.89. The number of sulfonamides is 1. The Bertz CT molecular complexity index is 717. The van der Waals surface area contributed by atoms with E-state index in [1.807, 2.05) is 6.92 Å². The fourth-order valence-corrected chi connectivity index (χ4v) is 3.25. The molecule has 0 spiro atoms. The van der Waals surface area contributed by atoms with Gasteiger partial charge in [0.2, 0.25) is 0 Å². The van der Waals surface area contributed by atoms with Crippen LogP contribution in [0.4, 0.5) is 5.82 Å². The Morgan fingerprint density at radius 3 is 2.53 bits per heavy atom. The number of nitrogens with zero attached hydrogens (tertiary/aromatic N) is 1. The highest BCUT2D eigenvalue weighted by atomic mass is 35.5. The average Bonchev–Trinajstić information content (AvgIpc) is 2.27. The Hall–Kier alpha value is -1.30. The summed E-state index contributed by atoms with van der Waals surface area (Å²) in [7, 11) is -3.78. The molecular weight excluding hydrogens is 307 g/mol. The van der Waals surface area contributed by atoms with E-state index in [9.17, 15) is 8.42 Å². The van der Waals surface area contributed by atoms with E-state index in [1.165, 1.54) is 12.1 Å². The van der Waals surface area contributed by atoms with E-state index in [0.717, 1.165) is 5.56 Å². The molecule has 0 fully saturated rings. The van der Waals surface area contributed by atoms with Crippen LogP contribution in [0.2, 0.25) is 10.2 Å². The lowest BCUT2D eigenvalue weighted by atomic mass is 10.2.